The average Bonchev–Trinajstić information content (AvgIpc) is 2.86. The minimum Gasteiger partial charge on any atom is -0.359 e. The van der Waals surface area contributed by atoms with E-state index in [-0.39, 0.29) is 0 Å². The largest absolute Gasteiger partial charge is 0.359 e. The summed E-state index contributed by atoms with van der Waals surface area (Å²) in [4.78, 5) is 6.89. The van der Waals surface area contributed by atoms with Crippen molar-refractivity contribution in [3.05, 3.63) is 11.9 Å². The summed E-state index contributed by atoms with van der Waals surface area (Å²) in [5.41, 5.74) is 1.40. The molecule has 1 N–H and O–H groups in total. The number of nitrogens with zero attached hydrogens (tertiary/aromatic N) is 3. The number of anilines is 1. The molecule has 1 fully saturated rings. The first-order chi connectivity index (χ1) is 8.07. The molecule has 0 unspecified atom stereocenters. The number of aromatic nitrogens is 2. The molecular formula is C13H24N4. The lowest BCUT2D eigenvalue weighted by Gasteiger charge is -2.37. The van der Waals surface area contributed by atoms with Gasteiger partial charge in [0.05, 0.1) is 5.69 Å². The molecule has 0 bridgehead atoms. The van der Waals surface area contributed by atoms with Crippen molar-refractivity contribution in [1.82, 2.24) is 14.5 Å². The standard InChI is InChI=1S/C13H24N4/c1-11-9-17(12(14-2)15-11)10-13(16(3)4)7-5-6-8-13/h9H,5-8,10H2,1-4H3,(H,14,15). The van der Waals surface area contributed by atoms with Gasteiger partial charge in [0, 0.05) is 25.3 Å². The second-order valence-electron chi connectivity index (χ2n) is 5.41. The number of nitrogens with one attached hydrogen (secondary N) is 1. The Hall–Kier alpha value is -1.03. The van der Waals surface area contributed by atoms with Crippen molar-refractivity contribution in [2.24, 2.45) is 0 Å². The molecule has 1 aliphatic carbocycles. The molecule has 0 radical (unpaired) electrons. The smallest absolute Gasteiger partial charge is 0.202 e. The van der Waals surface area contributed by atoms with Gasteiger partial charge < -0.3 is 14.8 Å². The third-order valence-electron chi connectivity index (χ3n) is 4.07. The van der Waals surface area contributed by atoms with E-state index in [1.54, 1.807) is 0 Å². The van der Waals surface area contributed by atoms with Crippen LogP contribution in [-0.4, -0.2) is 41.1 Å². The van der Waals surface area contributed by atoms with Gasteiger partial charge in [-0.2, -0.15) is 0 Å². The maximum absolute atomic E-state index is 4.49. The van der Waals surface area contributed by atoms with E-state index in [9.17, 15) is 0 Å². The SMILES string of the molecule is CNc1nc(C)cn1CC1(N(C)C)CCCC1. The van der Waals surface area contributed by atoms with Crippen molar-refractivity contribution in [2.75, 3.05) is 26.5 Å². The molecule has 1 heterocycles. The van der Waals surface area contributed by atoms with Crippen LogP contribution in [0.2, 0.25) is 0 Å². The van der Waals surface area contributed by atoms with Gasteiger partial charge in [-0.25, -0.2) is 4.98 Å². The molecule has 0 atom stereocenters. The molecule has 0 saturated heterocycles. The highest BCUT2D eigenvalue weighted by molar-refractivity contribution is 5.28. The topological polar surface area (TPSA) is 33.1 Å². The molecular weight excluding hydrogens is 212 g/mol. The predicted octanol–water partition coefficient (Wildman–Crippen LogP) is 2.11. The number of hydrogen-bond acceptors (Lipinski definition) is 3. The molecule has 96 valence electrons. The van der Waals surface area contributed by atoms with Gasteiger partial charge in [0.25, 0.3) is 0 Å². The zero-order valence-electron chi connectivity index (χ0n) is 11.5. The minimum absolute atomic E-state index is 0.318. The Morgan fingerprint density at radius 2 is 2.06 bits per heavy atom. The highest BCUT2D eigenvalue weighted by Gasteiger charge is 2.36. The molecule has 17 heavy (non-hydrogen) atoms. The van der Waals surface area contributed by atoms with Crippen molar-refractivity contribution >= 4 is 5.95 Å². The monoisotopic (exact) mass is 236 g/mol. The fourth-order valence-corrected chi connectivity index (χ4v) is 2.96. The first-order valence-corrected chi connectivity index (χ1v) is 6.46. The highest BCUT2D eigenvalue weighted by atomic mass is 15.2. The summed E-state index contributed by atoms with van der Waals surface area (Å²) in [6.45, 7) is 3.09. The van der Waals surface area contributed by atoms with Gasteiger partial charge in [-0.15, -0.1) is 0 Å². The van der Waals surface area contributed by atoms with Crippen LogP contribution in [0.1, 0.15) is 31.4 Å². The second-order valence-corrected chi connectivity index (χ2v) is 5.41. The molecule has 0 amide bonds. The first-order valence-electron chi connectivity index (χ1n) is 6.46. The fourth-order valence-electron chi connectivity index (χ4n) is 2.96. The predicted molar refractivity (Wildman–Crippen MR) is 71.4 cm³/mol. The first kappa shape index (κ1) is 12.4. The quantitative estimate of drug-likeness (QED) is 0.869. The van der Waals surface area contributed by atoms with Gasteiger partial charge in [-0.1, -0.05) is 12.8 Å². The summed E-state index contributed by atoms with van der Waals surface area (Å²) in [6.07, 6.45) is 7.43. The molecule has 0 aliphatic heterocycles. The maximum Gasteiger partial charge on any atom is 0.202 e. The zero-order chi connectivity index (χ0) is 12.5. The molecule has 1 aromatic heterocycles. The zero-order valence-corrected chi connectivity index (χ0v) is 11.5. The van der Waals surface area contributed by atoms with Gasteiger partial charge in [0.2, 0.25) is 5.95 Å². The normalized spacial score (nSPS) is 18.9. The van der Waals surface area contributed by atoms with Crippen molar-refractivity contribution in [2.45, 2.75) is 44.7 Å². The summed E-state index contributed by atoms with van der Waals surface area (Å²) >= 11 is 0. The van der Waals surface area contributed by atoms with E-state index in [0.717, 1.165) is 18.2 Å². The molecule has 0 spiro atoms. The van der Waals surface area contributed by atoms with E-state index in [1.165, 1.54) is 25.7 Å². The van der Waals surface area contributed by atoms with E-state index in [4.69, 9.17) is 0 Å². The van der Waals surface area contributed by atoms with E-state index in [0.29, 0.717) is 5.54 Å². The van der Waals surface area contributed by atoms with Gasteiger partial charge >= 0.3 is 0 Å². The van der Waals surface area contributed by atoms with Crippen molar-refractivity contribution in [3.63, 3.8) is 0 Å². The lowest BCUT2D eigenvalue weighted by molar-refractivity contribution is 0.134. The van der Waals surface area contributed by atoms with E-state index >= 15 is 0 Å². The van der Waals surface area contributed by atoms with Crippen molar-refractivity contribution in [3.8, 4) is 0 Å². The van der Waals surface area contributed by atoms with Gasteiger partial charge in [-0.3, -0.25) is 0 Å². The summed E-state index contributed by atoms with van der Waals surface area (Å²) in [5.74, 6) is 0.982. The molecule has 2 rings (SSSR count). The minimum atomic E-state index is 0.318. The van der Waals surface area contributed by atoms with E-state index in [1.807, 2.05) is 14.0 Å². The molecule has 0 aromatic carbocycles. The Kier molecular flexibility index (Phi) is 3.43. The van der Waals surface area contributed by atoms with Crippen LogP contribution < -0.4 is 5.32 Å². The van der Waals surface area contributed by atoms with Crippen LogP contribution in [0.3, 0.4) is 0 Å². The number of hydrogen-bond donors (Lipinski definition) is 1. The number of aryl methyl sites for hydroxylation is 1. The highest BCUT2D eigenvalue weighted by Crippen LogP contribution is 2.35. The average molecular weight is 236 g/mol. The van der Waals surface area contributed by atoms with Crippen LogP contribution in [0, 0.1) is 6.92 Å². The van der Waals surface area contributed by atoms with E-state index in [2.05, 4.69) is 40.1 Å². The second kappa shape index (κ2) is 4.69. The van der Waals surface area contributed by atoms with Crippen LogP contribution in [-0.2, 0) is 6.54 Å². The van der Waals surface area contributed by atoms with Crippen LogP contribution in [0.4, 0.5) is 5.95 Å². The summed E-state index contributed by atoms with van der Waals surface area (Å²) < 4.78 is 2.26. The Morgan fingerprint density at radius 1 is 1.41 bits per heavy atom. The summed E-state index contributed by atoms with van der Waals surface area (Å²) in [7, 11) is 6.34. The van der Waals surface area contributed by atoms with Crippen LogP contribution >= 0.6 is 0 Å². The Labute approximate surface area is 104 Å². The van der Waals surface area contributed by atoms with Gasteiger partial charge in [-0.05, 0) is 33.9 Å². The van der Waals surface area contributed by atoms with Gasteiger partial charge in [0.15, 0.2) is 0 Å². The van der Waals surface area contributed by atoms with Crippen LogP contribution in [0.25, 0.3) is 0 Å². The Balaban J connectivity index is 2.23. The van der Waals surface area contributed by atoms with Crippen molar-refractivity contribution in [1.29, 1.82) is 0 Å². The summed E-state index contributed by atoms with van der Waals surface area (Å²) in [6, 6.07) is 0. The number of imidazole rings is 1. The van der Waals surface area contributed by atoms with Crippen LogP contribution in [0.5, 0.6) is 0 Å². The van der Waals surface area contributed by atoms with Crippen molar-refractivity contribution < 1.29 is 0 Å². The number of rotatable bonds is 4. The Morgan fingerprint density at radius 3 is 2.59 bits per heavy atom. The maximum atomic E-state index is 4.49. The molecule has 4 nitrogen and oxygen atoms in total. The lowest BCUT2D eigenvalue weighted by atomic mass is 9.96. The van der Waals surface area contributed by atoms with Gasteiger partial charge in [0.1, 0.15) is 0 Å². The molecule has 1 saturated carbocycles. The number of likely N-dealkylation sites (N-methyl/N-ethyl adjacent to an activating group) is 1. The third-order valence-corrected chi connectivity index (χ3v) is 4.07. The third kappa shape index (κ3) is 2.32. The summed E-state index contributed by atoms with van der Waals surface area (Å²) in [5, 5.41) is 3.18. The molecule has 4 heteroatoms. The molecule has 1 aromatic rings. The van der Waals surface area contributed by atoms with Crippen LogP contribution in [0.15, 0.2) is 6.20 Å². The molecule has 1 aliphatic rings. The Bertz CT molecular complexity index is 375. The van der Waals surface area contributed by atoms with E-state index < -0.39 is 0 Å². The lowest BCUT2D eigenvalue weighted by Crippen LogP contribution is -2.45. The fraction of sp³-hybridized carbons (Fsp3) is 0.769.